The van der Waals surface area contributed by atoms with Gasteiger partial charge in [0.05, 0.1) is 5.92 Å². The van der Waals surface area contributed by atoms with Gasteiger partial charge in [0.25, 0.3) is 0 Å². The van der Waals surface area contributed by atoms with Gasteiger partial charge in [-0.1, -0.05) is 147 Å². The molecule has 1 unspecified atom stereocenters. The maximum atomic E-state index is 12.4. The Balaban J connectivity index is 3.54. The van der Waals surface area contributed by atoms with Crippen molar-refractivity contribution in [3.8, 4) is 0 Å². The van der Waals surface area contributed by atoms with Gasteiger partial charge in [0, 0.05) is 6.42 Å². The second kappa shape index (κ2) is 29.8. The monoisotopic (exact) mass is 499 g/mol. The highest BCUT2D eigenvalue weighted by Crippen LogP contribution is 2.16. The zero-order valence-corrected chi connectivity index (χ0v) is 24.1. The first-order valence-electron chi connectivity index (χ1n) is 15.6. The van der Waals surface area contributed by atoms with E-state index < -0.39 is 5.92 Å². The lowest BCUT2D eigenvalue weighted by Crippen LogP contribution is -2.15. The molecule has 0 fully saturated rings. The summed E-state index contributed by atoms with van der Waals surface area (Å²) in [6.07, 6.45) is 42.3. The molecule has 0 saturated carbocycles. The lowest BCUT2D eigenvalue weighted by atomic mass is 9.94. The minimum absolute atomic E-state index is 0.120. The summed E-state index contributed by atoms with van der Waals surface area (Å²) in [5, 5.41) is 0. The number of carbonyl (C=O) groups is 1. The summed E-state index contributed by atoms with van der Waals surface area (Å²) >= 11 is 0. The normalized spacial score (nSPS) is 12.8. The molecule has 0 aliphatic rings. The van der Waals surface area contributed by atoms with Crippen molar-refractivity contribution in [1.29, 1.82) is 0 Å². The van der Waals surface area contributed by atoms with E-state index in [1.165, 1.54) is 83.5 Å². The molecular weight excluding hydrogens is 440 g/mol. The van der Waals surface area contributed by atoms with Crippen LogP contribution >= 0.6 is 0 Å². The number of hydrogen-bond donors (Lipinski definition) is 0. The molecule has 1 radical (unpaired) electrons. The predicted molar refractivity (Wildman–Crippen MR) is 159 cm³/mol. The molecule has 0 aromatic rings. The quantitative estimate of drug-likeness (QED) is 0.0609. The Morgan fingerprint density at radius 3 is 1.61 bits per heavy atom. The number of allylic oxidation sites excluding steroid dienone is 6. The fourth-order valence-corrected chi connectivity index (χ4v) is 4.57. The van der Waals surface area contributed by atoms with Gasteiger partial charge in [-0.05, 0) is 44.9 Å². The highest BCUT2D eigenvalue weighted by atomic mass is 16.1. The van der Waals surface area contributed by atoms with E-state index in [0.29, 0.717) is 12.8 Å². The molecule has 0 aromatic heterocycles. The van der Waals surface area contributed by atoms with Crippen LogP contribution in [0.5, 0.6) is 0 Å². The molecule has 2 heteroatoms. The van der Waals surface area contributed by atoms with E-state index in [1.807, 2.05) is 6.29 Å². The van der Waals surface area contributed by atoms with E-state index in [2.05, 4.69) is 50.3 Å². The van der Waals surface area contributed by atoms with Crippen LogP contribution in [0.3, 0.4) is 0 Å². The number of Topliss-reactive ketones (excluding diaryl/α,β-unsaturated/α-hetero) is 1. The summed E-state index contributed by atoms with van der Waals surface area (Å²) in [4.78, 5) is 23.6. The third-order valence-electron chi connectivity index (χ3n) is 6.95. The van der Waals surface area contributed by atoms with Gasteiger partial charge < -0.3 is 0 Å². The van der Waals surface area contributed by atoms with E-state index in [-0.39, 0.29) is 5.78 Å². The number of rotatable bonds is 28. The number of unbranched alkanes of at least 4 members (excludes halogenated alkanes) is 16. The molecule has 0 bridgehead atoms. The molecule has 207 valence electrons. The summed E-state index contributed by atoms with van der Waals surface area (Å²) in [5.74, 6) is -0.365. The summed E-state index contributed by atoms with van der Waals surface area (Å²) in [6.45, 7) is 4.43. The first-order valence-corrected chi connectivity index (χ1v) is 15.6. The van der Waals surface area contributed by atoms with E-state index >= 15 is 0 Å². The molecule has 0 aliphatic carbocycles. The zero-order valence-electron chi connectivity index (χ0n) is 24.1. The zero-order chi connectivity index (χ0) is 26.4. The SMILES string of the molecule is CC/C=C\C/C=C\C/C=C\CCCCCCC([C]=O)C(=O)CCCCCCCCCCCCCCC. The molecule has 0 saturated heterocycles. The van der Waals surface area contributed by atoms with Gasteiger partial charge in [0.2, 0.25) is 6.29 Å². The van der Waals surface area contributed by atoms with Gasteiger partial charge in [-0.25, -0.2) is 0 Å². The van der Waals surface area contributed by atoms with Crippen LogP contribution in [0.4, 0.5) is 0 Å². The third-order valence-corrected chi connectivity index (χ3v) is 6.95. The van der Waals surface area contributed by atoms with E-state index in [4.69, 9.17) is 0 Å². The summed E-state index contributed by atoms with van der Waals surface area (Å²) in [6, 6.07) is 0. The molecule has 0 N–H and O–H groups in total. The lowest BCUT2D eigenvalue weighted by molar-refractivity contribution is -0.121. The van der Waals surface area contributed by atoms with Gasteiger partial charge in [-0.3, -0.25) is 9.59 Å². The fourth-order valence-electron chi connectivity index (χ4n) is 4.57. The first kappa shape index (κ1) is 34.6. The Bertz CT molecular complexity index is 558. The van der Waals surface area contributed by atoms with Gasteiger partial charge >= 0.3 is 0 Å². The molecule has 0 aromatic carbocycles. The van der Waals surface area contributed by atoms with Crippen molar-refractivity contribution in [1.82, 2.24) is 0 Å². The number of carbonyl (C=O) groups excluding carboxylic acids is 2. The van der Waals surface area contributed by atoms with Crippen LogP contribution in [0, 0.1) is 5.92 Å². The maximum absolute atomic E-state index is 12.4. The Morgan fingerprint density at radius 2 is 1.06 bits per heavy atom. The van der Waals surface area contributed by atoms with Crippen LogP contribution in [-0.4, -0.2) is 12.1 Å². The number of ketones is 1. The Kier molecular flexibility index (Phi) is 28.6. The van der Waals surface area contributed by atoms with E-state index in [0.717, 1.165) is 51.4 Å². The largest absolute Gasteiger partial charge is 0.299 e. The summed E-state index contributed by atoms with van der Waals surface area (Å²) in [7, 11) is 0. The van der Waals surface area contributed by atoms with Crippen LogP contribution < -0.4 is 0 Å². The Labute approximate surface area is 225 Å². The van der Waals surface area contributed by atoms with E-state index in [9.17, 15) is 9.59 Å². The molecule has 0 spiro atoms. The average Bonchev–Trinajstić information content (AvgIpc) is 2.89. The highest BCUT2D eigenvalue weighted by Gasteiger charge is 2.17. The molecule has 0 amide bonds. The standard InChI is InChI=1S/C34H59O2/c1-3-5-7-9-11-13-15-17-19-20-22-24-26-28-30-33(32-35)34(36)31-29-27-25-23-21-18-16-14-12-10-8-6-4-2/h5,7,11,13,17,19,33H,3-4,6,8-10,12,14-16,18,20-31H2,1-2H3/b7-5-,13-11-,19-17-. The Hall–Kier alpha value is -1.44. The van der Waals surface area contributed by atoms with Crippen molar-refractivity contribution in [2.24, 2.45) is 5.92 Å². The maximum Gasteiger partial charge on any atom is 0.209 e. The highest BCUT2D eigenvalue weighted by molar-refractivity contribution is 5.93. The Morgan fingerprint density at radius 1 is 0.583 bits per heavy atom. The van der Waals surface area contributed by atoms with Gasteiger partial charge in [-0.2, -0.15) is 0 Å². The van der Waals surface area contributed by atoms with Crippen LogP contribution in [0.1, 0.15) is 162 Å². The molecule has 1 atom stereocenters. The summed E-state index contributed by atoms with van der Waals surface area (Å²) < 4.78 is 0. The molecule has 36 heavy (non-hydrogen) atoms. The van der Waals surface area contributed by atoms with Crippen molar-refractivity contribution in [2.75, 3.05) is 0 Å². The fraction of sp³-hybridized carbons (Fsp3) is 0.765. The molecule has 0 aliphatic heterocycles. The van der Waals surface area contributed by atoms with Crippen molar-refractivity contribution in [3.63, 3.8) is 0 Å². The smallest absolute Gasteiger partial charge is 0.209 e. The van der Waals surface area contributed by atoms with Crippen molar-refractivity contribution < 1.29 is 9.59 Å². The van der Waals surface area contributed by atoms with Crippen LogP contribution in [0.25, 0.3) is 0 Å². The van der Waals surface area contributed by atoms with E-state index in [1.54, 1.807) is 0 Å². The minimum Gasteiger partial charge on any atom is -0.299 e. The third kappa shape index (κ3) is 25.6. The molecule has 0 heterocycles. The van der Waals surface area contributed by atoms with Crippen molar-refractivity contribution in [2.45, 2.75) is 162 Å². The first-order chi connectivity index (χ1) is 17.8. The summed E-state index contributed by atoms with van der Waals surface area (Å²) in [5.41, 5.74) is 0. The second-order valence-electron chi connectivity index (χ2n) is 10.4. The van der Waals surface area contributed by atoms with Crippen molar-refractivity contribution in [3.05, 3.63) is 36.5 Å². The predicted octanol–water partition coefficient (Wildman–Crippen LogP) is 11.0. The van der Waals surface area contributed by atoms with Gasteiger partial charge in [0.1, 0.15) is 5.78 Å². The van der Waals surface area contributed by atoms with Crippen LogP contribution in [0.15, 0.2) is 36.5 Å². The van der Waals surface area contributed by atoms with Crippen LogP contribution in [-0.2, 0) is 9.59 Å². The lowest BCUT2D eigenvalue weighted by Gasteiger charge is -2.08. The number of hydrogen-bond acceptors (Lipinski definition) is 2. The minimum atomic E-state index is -0.485. The molecule has 2 nitrogen and oxygen atoms in total. The van der Waals surface area contributed by atoms with Crippen LogP contribution in [0.2, 0.25) is 0 Å². The topological polar surface area (TPSA) is 34.1 Å². The van der Waals surface area contributed by atoms with Gasteiger partial charge in [-0.15, -0.1) is 0 Å². The average molecular weight is 500 g/mol. The molecular formula is C34H59O2. The molecule has 0 rings (SSSR count). The van der Waals surface area contributed by atoms with Gasteiger partial charge in [0.15, 0.2) is 0 Å². The second-order valence-corrected chi connectivity index (χ2v) is 10.4. The van der Waals surface area contributed by atoms with Crippen molar-refractivity contribution >= 4 is 12.1 Å².